The number of carbonyl (C=O) groups is 2. The second-order valence-corrected chi connectivity index (χ2v) is 16.8. The van der Waals surface area contributed by atoms with Crippen molar-refractivity contribution in [2.45, 2.75) is 126 Å². The van der Waals surface area contributed by atoms with Gasteiger partial charge in [-0.15, -0.1) is 0 Å². The quantitative estimate of drug-likeness (QED) is 0.198. The van der Waals surface area contributed by atoms with Crippen LogP contribution in [0.2, 0.25) is 0 Å². The highest BCUT2D eigenvalue weighted by Gasteiger charge is 2.44. The molecule has 274 valence electrons. The molecule has 4 bridgehead atoms. The number of rotatable bonds is 12. The zero-order valence-corrected chi connectivity index (χ0v) is 30.7. The van der Waals surface area contributed by atoms with E-state index in [0.29, 0.717) is 35.5 Å². The van der Waals surface area contributed by atoms with Gasteiger partial charge in [-0.25, -0.2) is 0 Å². The van der Waals surface area contributed by atoms with Gasteiger partial charge >= 0.3 is 0 Å². The molecule has 0 unspecified atom stereocenters. The van der Waals surface area contributed by atoms with Crippen molar-refractivity contribution in [3.63, 3.8) is 0 Å². The fourth-order valence-electron chi connectivity index (χ4n) is 11.2. The molecule has 2 aliphatic carbocycles. The van der Waals surface area contributed by atoms with Gasteiger partial charge < -0.3 is 15.4 Å². The van der Waals surface area contributed by atoms with Crippen LogP contribution in [0.4, 0.5) is 0 Å². The molecule has 2 saturated carbocycles. The Morgan fingerprint density at radius 2 is 0.962 bits per heavy atom. The maximum atomic E-state index is 13.1. The highest BCUT2D eigenvalue weighted by atomic mass is 16.5. The fourth-order valence-corrected chi connectivity index (χ4v) is 11.2. The van der Waals surface area contributed by atoms with Crippen LogP contribution in [0.1, 0.15) is 147 Å². The van der Waals surface area contributed by atoms with E-state index in [4.69, 9.17) is 4.74 Å². The Balaban J connectivity index is 0.648. The zero-order valence-electron chi connectivity index (χ0n) is 30.7. The third-order valence-corrected chi connectivity index (χ3v) is 13.9. The van der Waals surface area contributed by atoms with E-state index < -0.39 is 0 Å². The minimum Gasteiger partial charge on any atom is -0.484 e. The molecular formula is C45H56N4O3. The topological polar surface area (TPSA) is 73.9 Å². The molecule has 9 rings (SSSR count). The number of hydrogen-bond donors (Lipinski definition) is 2. The molecule has 7 heteroatoms. The molecule has 4 atom stereocenters. The lowest BCUT2D eigenvalue weighted by molar-refractivity contribution is -0.124. The summed E-state index contributed by atoms with van der Waals surface area (Å²) in [5, 5.41) is 6.50. The Labute approximate surface area is 309 Å². The van der Waals surface area contributed by atoms with Gasteiger partial charge in [-0.05, 0) is 161 Å². The van der Waals surface area contributed by atoms with Gasteiger partial charge in [0.1, 0.15) is 5.75 Å². The lowest BCUT2D eigenvalue weighted by Gasteiger charge is -2.31. The number of fused-ring (bicyclic) bond motifs is 10. The van der Waals surface area contributed by atoms with Crippen molar-refractivity contribution in [3.8, 4) is 5.75 Å². The van der Waals surface area contributed by atoms with Crippen LogP contribution < -0.4 is 15.4 Å². The first kappa shape index (κ1) is 34.1. The third kappa shape index (κ3) is 6.91. The second kappa shape index (κ2) is 15.0. The Kier molecular flexibility index (Phi) is 9.83. The normalized spacial score (nSPS) is 30.5. The zero-order chi connectivity index (χ0) is 35.0. The van der Waals surface area contributed by atoms with E-state index in [1.54, 1.807) is 34.4 Å². The van der Waals surface area contributed by atoms with Crippen molar-refractivity contribution in [1.82, 2.24) is 20.4 Å². The number of nitrogens with zero attached hydrogens (tertiary/aromatic N) is 2. The van der Waals surface area contributed by atoms with Gasteiger partial charge in [0.25, 0.3) is 11.8 Å². The first-order chi connectivity index (χ1) is 25.6. The highest BCUT2D eigenvalue weighted by molar-refractivity contribution is 5.94. The van der Waals surface area contributed by atoms with E-state index in [9.17, 15) is 9.59 Å². The average molecular weight is 701 g/mol. The molecule has 3 aromatic carbocycles. The summed E-state index contributed by atoms with van der Waals surface area (Å²) in [6, 6.07) is 28.3. The van der Waals surface area contributed by atoms with Gasteiger partial charge in [-0.2, -0.15) is 0 Å². The van der Waals surface area contributed by atoms with E-state index in [1.807, 2.05) is 12.1 Å². The molecule has 0 spiro atoms. The highest BCUT2D eigenvalue weighted by Crippen LogP contribution is 2.54. The molecule has 2 amide bonds. The van der Waals surface area contributed by atoms with Gasteiger partial charge in [-0.3, -0.25) is 19.4 Å². The molecule has 4 heterocycles. The minimum atomic E-state index is -0.0647. The maximum absolute atomic E-state index is 13.1. The van der Waals surface area contributed by atoms with Crippen LogP contribution >= 0.6 is 0 Å². The lowest BCUT2D eigenvalue weighted by Crippen LogP contribution is -2.40. The Morgan fingerprint density at radius 1 is 0.538 bits per heavy atom. The van der Waals surface area contributed by atoms with Crippen LogP contribution in [-0.2, 0) is 4.79 Å². The van der Waals surface area contributed by atoms with E-state index in [1.165, 1.54) is 77.3 Å². The van der Waals surface area contributed by atoms with E-state index in [2.05, 4.69) is 69.0 Å². The molecule has 2 saturated heterocycles. The summed E-state index contributed by atoms with van der Waals surface area (Å²) in [7, 11) is 0. The summed E-state index contributed by atoms with van der Waals surface area (Å²) in [5.41, 5.74) is 6.92. The van der Waals surface area contributed by atoms with Crippen LogP contribution in [0.25, 0.3) is 0 Å². The Morgan fingerprint density at radius 3 is 1.40 bits per heavy atom. The van der Waals surface area contributed by atoms with Crippen LogP contribution in [0.5, 0.6) is 5.75 Å². The molecule has 2 N–H and O–H groups in total. The van der Waals surface area contributed by atoms with Gasteiger partial charge in [0.05, 0.1) is 0 Å². The summed E-state index contributed by atoms with van der Waals surface area (Å²) >= 11 is 0. The standard InChI is InChI=1S/C45H56N4O3/c50-44(46-33-15-9-30(10-16-33)25-27-48-40-21-22-41(48)37-6-2-1-5-36(37)40)29-52-35-19-13-32(14-20-35)45(51)47-34-17-11-31(12-18-34)26-28-49-42-23-24-43(49)39-8-4-3-7-38(39)42/h1-8,13-14,19-20,30-31,33-34,40-43H,9-12,15-18,21-29H2,(H,46,50)(H,47,51)/t30?,31?,33?,34?,40-,41+,42-,43+. The van der Waals surface area contributed by atoms with Crippen LogP contribution in [0.15, 0.2) is 72.8 Å². The molecule has 0 aromatic heterocycles. The first-order valence-electron chi connectivity index (χ1n) is 20.6. The third-order valence-electron chi connectivity index (χ3n) is 13.9. The SMILES string of the molecule is O=C(COc1ccc(C(=O)NC2CCC(CCN3[C@@H]4CC[C@H]3c3ccccc34)CC2)cc1)NC1CCC(CCN2[C@@H]3CC[C@H]2c2ccccc23)CC1. The summed E-state index contributed by atoms with van der Waals surface area (Å²) in [6.07, 6.45) is 16.7. The van der Waals surface area contributed by atoms with Crippen molar-refractivity contribution < 1.29 is 14.3 Å². The number of hydrogen-bond acceptors (Lipinski definition) is 5. The molecule has 0 radical (unpaired) electrons. The molecule has 3 aromatic rings. The fraction of sp³-hybridized carbons (Fsp3) is 0.556. The summed E-state index contributed by atoms with van der Waals surface area (Å²) in [4.78, 5) is 31.3. The van der Waals surface area contributed by atoms with Crippen LogP contribution in [0, 0.1) is 11.8 Å². The predicted molar refractivity (Wildman–Crippen MR) is 204 cm³/mol. The molecule has 7 nitrogen and oxygen atoms in total. The Bertz CT molecular complexity index is 1660. The number of ether oxygens (including phenoxy) is 1. The summed E-state index contributed by atoms with van der Waals surface area (Å²) in [5.74, 6) is 2.03. The Hall–Kier alpha value is -3.68. The van der Waals surface area contributed by atoms with Crippen molar-refractivity contribution in [2.24, 2.45) is 11.8 Å². The van der Waals surface area contributed by atoms with Gasteiger partial charge in [0, 0.05) is 41.8 Å². The van der Waals surface area contributed by atoms with Gasteiger partial charge in [0.2, 0.25) is 0 Å². The lowest BCUT2D eigenvalue weighted by atomic mass is 9.84. The van der Waals surface area contributed by atoms with Crippen molar-refractivity contribution >= 4 is 11.8 Å². The number of benzene rings is 3. The second-order valence-electron chi connectivity index (χ2n) is 16.8. The minimum absolute atomic E-state index is 0.000977. The van der Waals surface area contributed by atoms with Crippen LogP contribution in [0.3, 0.4) is 0 Å². The smallest absolute Gasteiger partial charge is 0.258 e. The molecule has 4 aliphatic heterocycles. The largest absolute Gasteiger partial charge is 0.484 e. The predicted octanol–water partition coefficient (Wildman–Crippen LogP) is 8.59. The molecule has 4 fully saturated rings. The van der Waals surface area contributed by atoms with Crippen molar-refractivity contribution in [1.29, 1.82) is 0 Å². The average Bonchev–Trinajstić information content (AvgIpc) is 3.95. The number of carbonyl (C=O) groups excluding carboxylic acids is 2. The van der Waals surface area contributed by atoms with Crippen LogP contribution in [-0.4, -0.2) is 53.4 Å². The summed E-state index contributed by atoms with van der Waals surface area (Å²) < 4.78 is 5.82. The van der Waals surface area contributed by atoms with E-state index >= 15 is 0 Å². The van der Waals surface area contributed by atoms with Gasteiger partial charge in [-0.1, -0.05) is 48.5 Å². The van der Waals surface area contributed by atoms with Gasteiger partial charge in [0.15, 0.2) is 6.61 Å². The number of nitrogens with one attached hydrogen (secondary N) is 2. The first-order valence-corrected chi connectivity index (χ1v) is 20.6. The number of amides is 2. The van der Waals surface area contributed by atoms with E-state index in [0.717, 1.165) is 37.5 Å². The maximum Gasteiger partial charge on any atom is 0.258 e. The monoisotopic (exact) mass is 700 g/mol. The summed E-state index contributed by atoms with van der Waals surface area (Å²) in [6.45, 7) is 2.38. The molecular weight excluding hydrogens is 645 g/mol. The molecule has 52 heavy (non-hydrogen) atoms. The van der Waals surface area contributed by atoms with Crippen molar-refractivity contribution in [3.05, 3.63) is 101 Å². The molecule has 6 aliphatic rings. The van der Waals surface area contributed by atoms with E-state index in [-0.39, 0.29) is 30.5 Å². The van der Waals surface area contributed by atoms with Crippen molar-refractivity contribution in [2.75, 3.05) is 19.7 Å².